The van der Waals surface area contributed by atoms with Crippen molar-refractivity contribution in [2.75, 3.05) is 18.8 Å². The normalized spacial score (nSPS) is 19.6. The van der Waals surface area contributed by atoms with Crippen LogP contribution in [0.25, 0.3) is 10.3 Å². The number of amides is 1. The van der Waals surface area contributed by atoms with E-state index in [9.17, 15) is 4.79 Å². The third-order valence-electron chi connectivity index (χ3n) is 3.34. The average molecular weight is 262 g/mol. The minimum absolute atomic E-state index is 0.136. The predicted molar refractivity (Wildman–Crippen MR) is 71.4 cm³/mol. The highest BCUT2D eigenvalue weighted by atomic mass is 32.1. The Kier molecular flexibility index (Phi) is 2.66. The smallest absolute Gasteiger partial charge is 0.219 e. The lowest BCUT2D eigenvalue weighted by Gasteiger charge is -2.13. The molecule has 1 saturated heterocycles. The fourth-order valence-corrected chi connectivity index (χ4v) is 3.04. The van der Waals surface area contributed by atoms with Gasteiger partial charge < -0.3 is 10.6 Å². The molecule has 5 nitrogen and oxygen atoms in total. The number of nitrogen functional groups attached to an aromatic ring is 1. The predicted octanol–water partition coefficient (Wildman–Crippen LogP) is 1.61. The number of nitrogens with zero attached hydrogens (tertiary/aromatic N) is 3. The number of carbonyl (C=O) groups is 1. The number of nitrogens with two attached hydrogens (primary N) is 1. The summed E-state index contributed by atoms with van der Waals surface area (Å²) in [6.07, 6.45) is 0.970. The van der Waals surface area contributed by atoms with Gasteiger partial charge in [-0.15, -0.1) is 0 Å². The molecule has 6 heteroatoms. The van der Waals surface area contributed by atoms with Gasteiger partial charge in [0.1, 0.15) is 0 Å². The largest absolute Gasteiger partial charge is 0.375 e. The molecule has 18 heavy (non-hydrogen) atoms. The van der Waals surface area contributed by atoms with Crippen LogP contribution < -0.4 is 5.73 Å². The summed E-state index contributed by atoms with van der Waals surface area (Å²) in [5.41, 5.74) is 7.40. The van der Waals surface area contributed by atoms with Crippen molar-refractivity contribution in [1.82, 2.24) is 14.9 Å². The van der Waals surface area contributed by atoms with Gasteiger partial charge in [0.25, 0.3) is 0 Å². The summed E-state index contributed by atoms with van der Waals surface area (Å²) in [5.74, 6) is 0.456. The molecule has 1 aliphatic rings. The van der Waals surface area contributed by atoms with Crippen LogP contribution in [-0.4, -0.2) is 33.9 Å². The van der Waals surface area contributed by atoms with Crippen LogP contribution in [0.15, 0.2) is 12.1 Å². The highest BCUT2D eigenvalue weighted by Crippen LogP contribution is 2.29. The lowest BCUT2D eigenvalue weighted by atomic mass is 10.0. The summed E-state index contributed by atoms with van der Waals surface area (Å²) < 4.78 is 1.01. The van der Waals surface area contributed by atoms with Crippen LogP contribution in [0.4, 0.5) is 5.13 Å². The first-order valence-corrected chi connectivity index (χ1v) is 6.73. The van der Waals surface area contributed by atoms with Gasteiger partial charge in [-0.1, -0.05) is 11.3 Å². The topological polar surface area (TPSA) is 72.1 Å². The van der Waals surface area contributed by atoms with Crippen LogP contribution in [0.1, 0.15) is 25.0 Å². The number of fused-ring (bicyclic) bond motifs is 1. The van der Waals surface area contributed by atoms with Crippen LogP contribution in [0.2, 0.25) is 0 Å². The van der Waals surface area contributed by atoms with Gasteiger partial charge in [-0.3, -0.25) is 4.79 Å². The third-order valence-corrected chi connectivity index (χ3v) is 4.18. The number of aromatic nitrogens is 2. The van der Waals surface area contributed by atoms with E-state index in [1.54, 1.807) is 6.92 Å². The molecule has 0 spiro atoms. The molecule has 1 atom stereocenters. The summed E-state index contributed by atoms with van der Waals surface area (Å²) in [4.78, 5) is 21.9. The molecule has 0 saturated carbocycles. The number of carbonyl (C=O) groups excluding carboxylic acids is 1. The quantitative estimate of drug-likeness (QED) is 0.847. The van der Waals surface area contributed by atoms with Gasteiger partial charge in [0.15, 0.2) is 10.8 Å². The molecule has 2 aromatic rings. The van der Waals surface area contributed by atoms with E-state index in [4.69, 9.17) is 5.73 Å². The summed E-state index contributed by atoms with van der Waals surface area (Å²) in [6, 6.07) is 4.04. The van der Waals surface area contributed by atoms with Gasteiger partial charge in [0.2, 0.25) is 5.91 Å². The van der Waals surface area contributed by atoms with Gasteiger partial charge in [0, 0.05) is 31.6 Å². The molecule has 1 fully saturated rings. The standard InChI is InChI=1S/C12H14N4OS/c1-7(17)16-5-4-8(6-16)9-2-3-10-11(14-9)15-12(13)18-10/h2-3,8H,4-6H2,1H3,(H2,13,14,15)/t8-/m0/s1. The second-order valence-electron chi connectivity index (χ2n) is 4.56. The Bertz CT molecular complexity index is 609. The van der Waals surface area contributed by atoms with Crippen LogP contribution in [-0.2, 0) is 4.79 Å². The van der Waals surface area contributed by atoms with E-state index in [2.05, 4.69) is 9.97 Å². The van der Waals surface area contributed by atoms with Gasteiger partial charge in [-0.2, -0.15) is 0 Å². The van der Waals surface area contributed by atoms with Crippen LogP contribution in [0, 0.1) is 0 Å². The molecule has 0 unspecified atom stereocenters. The summed E-state index contributed by atoms with van der Waals surface area (Å²) in [7, 11) is 0. The van der Waals surface area contributed by atoms with Gasteiger partial charge in [0.05, 0.1) is 4.70 Å². The third kappa shape index (κ3) is 1.92. The molecule has 0 aromatic carbocycles. The second kappa shape index (κ2) is 4.20. The first-order valence-electron chi connectivity index (χ1n) is 5.92. The Balaban J connectivity index is 1.88. The highest BCUT2D eigenvalue weighted by molar-refractivity contribution is 7.21. The lowest BCUT2D eigenvalue weighted by Crippen LogP contribution is -2.25. The molecule has 3 heterocycles. The van der Waals surface area contributed by atoms with Crippen molar-refractivity contribution in [2.45, 2.75) is 19.3 Å². The van der Waals surface area contributed by atoms with E-state index in [0.717, 1.165) is 35.6 Å². The van der Waals surface area contributed by atoms with E-state index >= 15 is 0 Å². The van der Waals surface area contributed by atoms with Gasteiger partial charge >= 0.3 is 0 Å². The van der Waals surface area contributed by atoms with Crippen molar-refractivity contribution in [3.63, 3.8) is 0 Å². The molecular formula is C12H14N4OS. The molecule has 0 aliphatic carbocycles. The minimum atomic E-state index is 0.136. The zero-order valence-electron chi connectivity index (χ0n) is 10.1. The van der Waals surface area contributed by atoms with Crippen molar-refractivity contribution >= 4 is 32.7 Å². The Morgan fingerprint density at radius 3 is 3.06 bits per heavy atom. The van der Waals surface area contributed by atoms with Gasteiger partial charge in [-0.05, 0) is 18.6 Å². The Hall–Kier alpha value is -1.69. The maximum Gasteiger partial charge on any atom is 0.219 e. The Morgan fingerprint density at radius 1 is 1.50 bits per heavy atom. The number of likely N-dealkylation sites (tertiary alicyclic amines) is 1. The minimum Gasteiger partial charge on any atom is -0.375 e. The zero-order chi connectivity index (χ0) is 12.7. The fraction of sp³-hybridized carbons (Fsp3) is 0.417. The fourth-order valence-electron chi connectivity index (χ4n) is 2.36. The van der Waals surface area contributed by atoms with Crippen LogP contribution >= 0.6 is 11.3 Å². The molecule has 3 rings (SSSR count). The molecule has 1 aliphatic heterocycles. The zero-order valence-corrected chi connectivity index (χ0v) is 10.9. The number of thiazole rings is 1. The summed E-state index contributed by atoms with van der Waals surface area (Å²) in [5, 5.41) is 0.548. The molecule has 0 bridgehead atoms. The maximum atomic E-state index is 11.3. The van der Waals surface area contributed by atoms with Crippen molar-refractivity contribution in [3.05, 3.63) is 17.8 Å². The lowest BCUT2D eigenvalue weighted by molar-refractivity contribution is -0.127. The summed E-state index contributed by atoms with van der Waals surface area (Å²) >= 11 is 1.45. The molecule has 2 N–H and O–H groups in total. The molecule has 2 aromatic heterocycles. The first-order chi connectivity index (χ1) is 8.63. The molecular weight excluding hydrogens is 248 g/mol. The van der Waals surface area contributed by atoms with Crippen molar-refractivity contribution in [2.24, 2.45) is 0 Å². The van der Waals surface area contributed by atoms with E-state index < -0.39 is 0 Å². The monoisotopic (exact) mass is 262 g/mol. The number of pyridine rings is 1. The number of hydrogen-bond donors (Lipinski definition) is 1. The number of rotatable bonds is 1. The number of hydrogen-bond acceptors (Lipinski definition) is 5. The highest BCUT2D eigenvalue weighted by Gasteiger charge is 2.26. The van der Waals surface area contributed by atoms with Crippen LogP contribution in [0.5, 0.6) is 0 Å². The average Bonchev–Trinajstić information content (AvgIpc) is 2.91. The van der Waals surface area contributed by atoms with Crippen molar-refractivity contribution < 1.29 is 4.79 Å². The molecule has 1 amide bonds. The first kappa shape index (κ1) is 11.4. The maximum absolute atomic E-state index is 11.3. The summed E-state index contributed by atoms with van der Waals surface area (Å²) in [6.45, 7) is 3.19. The van der Waals surface area contributed by atoms with Crippen molar-refractivity contribution in [1.29, 1.82) is 0 Å². The molecule has 94 valence electrons. The van der Waals surface area contributed by atoms with Gasteiger partial charge in [-0.25, -0.2) is 9.97 Å². The Labute approximate surface area is 109 Å². The van der Waals surface area contributed by atoms with E-state index in [0.29, 0.717) is 11.0 Å². The second-order valence-corrected chi connectivity index (χ2v) is 5.62. The van der Waals surface area contributed by atoms with Crippen molar-refractivity contribution in [3.8, 4) is 0 Å². The van der Waals surface area contributed by atoms with E-state index in [1.807, 2.05) is 17.0 Å². The van der Waals surface area contributed by atoms with Crippen LogP contribution in [0.3, 0.4) is 0 Å². The van der Waals surface area contributed by atoms with E-state index in [1.165, 1.54) is 11.3 Å². The Morgan fingerprint density at radius 2 is 2.33 bits per heavy atom. The van der Waals surface area contributed by atoms with E-state index in [-0.39, 0.29) is 5.91 Å². The SMILES string of the molecule is CC(=O)N1CC[C@H](c2ccc3sc(N)nc3n2)C1. The number of anilines is 1. The molecule has 0 radical (unpaired) electrons.